The van der Waals surface area contributed by atoms with Gasteiger partial charge >= 0.3 is 0 Å². The average Bonchev–Trinajstić information content (AvgIpc) is 2.40. The van der Waals surface area contributed by atoms with Gasteiger partial charge in [0.1, 0.15) is 5.82 Å². The Balaban J connectivity index is 2.05. The van der Waals surface area contributed by atoms with Gasteiger partial charge in [-0.2, -0.15) is 0 Å². The van der Waals surface area contributed by atoms with Crippen molar-refractivity contribution in [3.05, 3.63) is 23.4 Å². The molecular weight excluding hydrogens is 226 g/mol. The standard InChI is InChI=1S/C14H23N3O/c1-3-16-5-7-17(8-6-16)14-12(2)10-13(4-9-18)11-15-14/h10-11,18H,3-9H2,1-2H3. The van der Waals surface area contributed by atoms with Crippen LogP contribution < -0.4 is 4.90 Å². The Bertz CT molecular complexity index is 387. The molecular formula is C14H23N3O. The van der Waals surface area contributed by atoms with Crippen molar-refractivity contribution < 1.29 is 5.11 Å². The Morgan fingerprint density at radius 3 is 2.56 bits per heavy atom. The Hall–Kier alpha value is -1.13. The molecule has 0 saturated carbocycles. The van der Waals surface area contributed by atoms with E-state index in [1.165, 1.54) is 5.56 Å². The minimum Gasteiger partial charge on any atom is -0.396 e. The fourth-order valence-electron chi connectivity index (χ4n) is 2.50. The summed E-state index contributed by atoms with van der Waals surface area (Å²) in [7, 11) is 0. The predicted octanol–water partition coefficient (Wildman–Crippen LogP) is 1.07. The molecule has 1 aromatic rings. The van der Waals surface area contributed by atoms with E-state index in [1.54, 1.807) is 0 Å². The lowest BCUT2D eigenvalue weighted by Gasteiger charge is -2.35. The maximum Gasteiger partial charge on any atom is 0.131 e. The lowest BCUT2D eigenvalue weighted by Crippen LogP contribution is -2.46. The van der Waals surface area contributed by atoms with E-state index in [0.717, 1.165) is 44.1 Å². The monoisotopic (exact) mass is 249 g/mol. The molecule has 100 valence electrons. The van der Waals surface area contributed by atoms with Crippen LogP contribution >= 0.6 is 0 Å². The lowest BCUT2D eigenvalue weighted by molar-refractivity contribution is 0.270. The summed E-state index contributed by atoms with van der Waals surface area (Å²) in [5.74, 6) is 1.10. The molecule has 0 aromatic carbocycles. The van der Waals surface area contributed by atoms with Crippen LogP contribution in [-0.4, -0.2) is 54.3 Å². The van der Waals surface area contributed by atoms with Gasteiger partial charge in [-0.25, -0.2) is 4.98 Å². The van der Waals surface area contributed by atoms with Gasteiger partial charge in [0.05, 0.1) is 0 Å². The van der Waals surface area contributed by atoms with Crippen molar-refractivity contribution in [3.63, 3.8) is 0 Å². The maximum atomic E-state index is 8.94. The fourth-order valence-corrected chi connectivity index (χ4v) is 2.50. The number of aryl methyl sites for hydroxylation is 1. The van der Waals surface area contributed by atoms with Crippen molar-refractivity contribution in [1.82, 2.24) is 9.88 Å². The molecule has 0 aliphatic carbocycles. The van der Waals surface area contributed by atoms with Crippen molar-refractivity contribution >= 4 is 5.82 Å². The zero-order valence-electron chi connectivity index (χ0n) is 11.4. The number of nitrogens with zero attached hydrogens (tertiary/aromatic N) is 3. The highest BCUT2D eigenvalue weighted by Gasteiger charge is 2.18. The quantitative estimate of drug-likeness (QED) is 0.866. The molecule has 0 amide bonds. The number of likely N-dealkylation sites (N-methyl/N-ethyl adjacent to an activating group) is 1. The zero-order chi connectivity index (χ0) is 13.0. The summed E-state index contributed by atoms with van der Waals surface area (Å²) >= 11 is 0. The molecule has 1 fully saturated rings. The first-order chi connectivity index (χ1) is 8.74. The minimum atomic E-state index is 0.190. The molecule has 0 bridgehead atoms. The highest BCUT2D eigenvalue weighted by Crippen LogP contribution is 2.19. The molecule has 1 saturated heterocycles. The first-order valence-electron chi connectivity index (χ1n) is 6.78. The Labute approximate surface area is 109 Å². The van der Waals surface area contributed by atoms with E-state index in [-0.39, 0.29) is 6.61 Å². The van der Waals surface area contributed by atoms with Crippen molar-refractivity contribution in [3.8, 4) is 0 Å². The molecule has 0 spiro atoms. The number of aliphatic hydroxyl groups is 1. The van der Waals surface area contributed by atoms with Gasteiger partial charge in [0.25, 0.3) is 0 Å². The largest absolute Gasteiger partial charge is 0.396 e. The molecule has 2 heterocycles. The third-order valence-electron chi connectivity index (χ3n) is 3.63. The molecule has 4 nitrogen and oxygen atoms in total. The van der Waals surface area contributed by atoms with Crippen LogP contribution in [0.25, 0.3) is 0 Å². The van der Waals surface area contributed by atoms with Crippen LogP contribution in [0.5, 0.6) is 0 Å². The molecule has 18 heavy (non-hydrogen) atoms. The molecule has 1 aliphatic heterocycles. The SMILES string of the molecule is CCN1CCN(c2ncc(CCO)cc2C)CC1. The van der Waals surface area contributed by atoms with E-state index in [1.807, 2.05) is 6.20 Å². The summed E-state index contributed by atoms with van der Waals surface area (Å²) in [6.07, 6.45) is 2.59. The number of piperazine rings is 1. The first kappa shape index (κ1) is 13.3. The van der Waals surface area contributed by atoms with Crippen LogP contribution in [0.3, 0.4) is 0 Å². The van der Waals surface area contributed by atoms with E-state index in [0.29, 0.717) is 6.42 Å². The highest BCUT2D eigenvalue weighted by molar-refractivity contribution is 5.47. The van der Waals surface area contributed by atoms with Gasteiger partial charge in [-0.05, 0) is 31.0 Å². The molecule has 1 aliphatic rings. The van der Waals surface area contributed by atoms with Crippen LogP contribution in [0.4, 0.5) is 5.82 Å². The Kier molecular flexibility index (Phi) is 4.55. The molecule has 2 rings (SSSR count). The lowest BCUT2D eigenvalue weighted by atomic mass is 10.1. The number of aliphatic hydroxyl groups excluding tert-OH is 1. The van der Waals surface area contributed by atoms with Crippen LogP contribution in [-0.2, 0) is 6.42 Å². The number of pyridine rings is 1. The van der Waals surface area contributed by atoms with Gasteiger partial charge in [-0.15, -0.1) is 0 Å². The third kappa shape index (κ3) is 3.00. The highest BCUT2D eigenvalue weighted by atomic mass is 16.2. The van der Waals surface area contributed by atoms with Gasteiger partial charge < -0.3 is 14.9 Å². The predicted molar refractivity (Wildman–Crippen MR) is 74.1 cm³/mol. The molecule has 4 heteroatoms. The van der Waals surface area contributed by atoms with Gasteiger partial charge in [0.15, 0.2) is 0 Å². The van der Waals surface area contributed by atoms with Gasteiger partial charge in [-0.1, -0.05) is 13.0 Å². The zero-order valence-corrected chi connectivity index (χ0v) is 11.4. The number of rotatable bonds is 4. The summed E-state index contributed by atoms with van der Waals surface area (Å²) in [6.45, 7) is 10.00. The molecule has 1 aromatic heterocycles. The summed E-state index contributed by atoms with van der Waals surface area (Å²) in [5, 5.41) is 8.94. The van der Waals surface area contributed by atoms with Crippen LogP contribution in [0.2, 0.25) is 0 Å². The number of anilines is 1. The summed E-state index contributed by atoms with van der Waals surface area (Å²) < 4.78 is 0. The number of hydrogen-bond acceptors (Lipinski definition) is 4. The second-order valence-electron chi connectivity index (χ2n) is 4.88. The number of hydrogen-bond donors (Lipinski definition) is 1. The van der Waals surface area contributed by atoms with Crippen LogP contribution in [0, 0.1) is 6.92 Å². The van der Waals surface area contributed by atoms with E-state index < -0.39 is 0 Å². The van der Waals surface area contributed by atoms with Crippen LogP contribution in [0.15, 0.2) is 12.3 Å². The van der Waals surface area contributed by atoms with Crippen molar-refractivity contribution in [2.75, 3.05) is 44.2 Å². The Morgan fingerprint density at radius 1 is 1.28 bits per heavy atom. The molecule has 0 atom stereocenters. The van der Waals surface area contributed by atoms with Gasteiger partial charge in [0, 0.05) is 39.0 Å². The molecule has 0 radical (unpaired) electrons. The Morgan fingerprint density at radius 2 is 2.00 bits per heavy atom. The minimum absolute atomic E-state index is 0.190. The second-order valence-corrected chi connectivity index (χ2v) is 4.88. The summed E-state index contributed by atoms with van der Waals surface area (Å²) in [5.41, 5.74) is 2.33. The first-order valence-corrected chi connectivity index (χ1v) is 6.78. The van der Waals surface area contributed by atoms with E-state index in [2.05, 4.69) is 34.7 Å². The fraction of sp³-hybridized carbons (Fsp3) is 0.643. The van der Waals surface area contributed by atoms with Crippen molar-refractivity contribution in [2.45, 2.75) is 20.3 Å². The van der Waals surface area contributed by atoms with Crippen molar-refractivity contribution in [1.29, 1.82) is 0 Å². The van der Waals surface area contributed by atoms with E-state index >= 15 is 0 Å². The van der Waals surface area contributed by atoms with E-state index in [4.69, 9.17) is 5.11 Å². The maximum absolute atomic E-state index is 8.94. The normalized spacial score (nSPS) is 17.2. The number of aromatic nitrogens is 1. The second kappa shape index (κ2) is 6.16. The summed E-state index contributed by atoms with van der Waals surface area (Å²) in [4.78, 5) is 9.40. The van der Waals surface area contributed by atoms with Crippen molar-refractivity contribution in [2.24, 2.45) is 0 Å². The van der Waals surface area contributed by atoms with E-state index in [9.17, 15) is 0 Å². The molecule has 0 unspecified atom stereocenters. The van der Waals surface area contributed by atoms with Crippen LogP contribution in [0.1, 0.15) is 18.1 Å². The smallest absolute Gasteiger partial charge is 0.131 e. The third-order valence-corrected chi connectivity index (χ3v) is 3.63. The topological polar surface area (TPSA) is 39.6 Å². The van der Waals surface area contributed by atoms with Gasteiger partial charge in [-0.3, -0.25) is 0 Å². The van der Waals surface area contributed by atoms with Gasteiger partial charge in [0.2, 0.25) is 0 Å². The molecule has 1 N–H and O–H groups in total. The average molecular weight is 249 g/mol. The summed E-state index contributed by atoms with van der Waals surface area (Å²) in [6, 6.07) is 2.14.